The van der Waals surface area contributed by atoms with E-state index in [0.29, 0.717) is 6.07 Å². The molecule has 0 aliphatic carbocycles. The van der Waals surface area contributed by atoms with Gasteiger partial charge in [-0.1, -0.05) is 0 Å². The van der Waals surface area contributed by atoms with Crippen LogP contribution in [-0.4, -0.2) is 29.0 Å². The van der Waals surface area contributed by atoms with Gasteiger partial charge in [-0.2, -0.15) is 0 Å². The van der Waals surface area contributed by atoms with Crippen molar-refractivity contribution in [2.24, 2.45) is 0 Å². The number of nitrogens with two attached hydrogens (primary N) is 1. The molecule has 1 aliphatic rings. The summed E-state index contributed by atoms with van der Waals surface area (Å²) in [5.41, 5.74) is 5.27. The van der Waals surface area contributed by atoms with Gasteiger partial charge in [-0.05, 0) is 6.07 Å². The Morgan fingerprint density at radius 2 is 2.06 bits per heavy atom. The number of nitrogen functional groups attached to an aromatic ring is 1. The number of hydrogen-bond acceptors (Lipinski definition) is 4. The van der Waals surface area contributed by atoms with Crippen LogP contribution >= 0.6 is 0 Å². The molecule has 0 amide bonds. The zero-order chi connectivity index (χ0) is 12.6. The van der Waals surface area contributed by atoms with E-state index < -0.39 is 29.9 Å². The number of ether oxygens (including phenoxy) is 1. The van der Waals surface area contributed by atoms with Crippen LogP contribution in [0, 0.1) is 11.6 Å². The molecule has 0 spiro atoms. The Morgan fingerprint density at radius 1 is 1.35 bits per heavy atom. The van der Waals surface area contributed by atoms with Gasteiger partial charge < -0.3 is 20.7 Å². The molecule has 1 aromatic carbocycles. The molecule has 0 aromatic heterocycles. The number of halogens is 2. The second-order valence-corrected chi connectivity index (χ2v) is 4.04. The average molecular weight is 245 g/mol. The molecule has 6 heteroatoms. The predicted octanol–water partition coefficient (Wildman–Crippen LogP) is 0.730. The van der Waals surface area contributed by atoms with Crippen LogP contribution in [0.1, 0.15) is 18.1 Å². The molecule has 1 saturated heterocycles. The zero-order valence-corrected chi connectivity index (χ0v) is 8.94. The van der Waals surface area contributed by atoms with E-state index in [9.17, 15) is 13.9 Å². The van der Waals surface area contributed by atoms with E-state index in [0.717, 1.165) is 6.07 Å². The van der Waals surface area contributed by atoms with Crippen LogP contribution in [0.5, 0.6) is 0 Å². The molecular weight excluding hydrogens is 232 g/mol. The largest absolute Gasteiger partial charge is 0.396 e. The van der Waals surface area contributed by atoms with Crippen LogP contribution in [0.25, 0.3) is 0 Å². The summed E-state index contributed by atoms with van der Waals surface area (Å²) in [4.78, 5) is 0. The number of hydrogen-bond donors (Lipinski definition) is 3. The summed E-state index contributed by atoms with van der Waals surface area (Å²) in [5.74, 6) is -1.60. The third-order valence-corrected chi connectivity index (χ3v) is 2.87. The lowest BCUT2D eigenvalue weighted by molar-refractivity contribution is -0.0233. The Kier molecular flexibility index (Phi) is 3.28. The van der Waals surface area contributed by atoms with E-state index in [4.69, 9.17) is 15.6 Å². The van der Waals surface area contributed by atoms with Crippen molar-refractivity contribution in [3.63, 3.8) is 0 Å². The molecular formula is C11H13F2NO3. The maximum absolute atomic E-state index is 13.5. The number of benzene rings is 1. The van der Waals surface area contributed by atoms with Crippen LogP contribution in [0.3, 0.4) is 0 Å². The monoisotopic (exact) mass is 245 g/mol. The molecule has 3 unspecified atom stereocenters. The van der Waals surface area contributed by atoms with Gasteiger partial charge in [0.2, 0.25) is 0 Å². The second-order valence-electron chi connectivity index (χ2n) is 4.04. The lowest BCUT2D eigenvalue weighted by atomic mass is 10.0. The molecule has 0 saturated carbocycles. The minimum Gasteiger partial charge on any atom is -0.396 e. The highest BCUT2D eigenvalue weighted by Crippen LogP contribution is 2.35. The normalized spacial score (nSPS) is 28.6. The molecule has 0 bridgehead atoms. The Morgan fingerprint density at radius 3 is 2.65 bits per heavy atom. The SMILES string of the molecule is Nc1cc(C2CC(O)C(CO)O2)c(F)cc1F. The van der Waals surface area contributed by atoms with Crippen molar-refractivity contribution in [2.75, 3.05) is 12.3 Å². The molecule has 3 atom stereocenters. The smallest absolute Gasteiger partial charge is 0.149 e. The maximum Gasteiger partial charge on any atom is 0.149 e. The molecule has 4 nitrogen and oxygen atoms in total. The standard InChI is InChI=1S/C11H13F2NO3/c12-6-2-7(13)8(14)1-5(6)10-3-9(16)11(4-15)17-10/h1-2,9-11,15-16H,3-4,14H2. The van der Waals surface area contributed by atoms with Gasteiger partial charge in [0.1, 0.15) is 17.7 Å². The summed E-state index contributed by atoms with van der Waals surface area (Å²) in [7, 11) is 0. The zero-order valence-electron chi connectivity index (χ0n) is 8.94. The lowest BCUT2D eigenvalue weighted by Crippen LogP contribution is -2.24. The summed E-state index contributed by atoms with van der Waals surface area (Å²) in [6, 6.07) is 1.84. The van der Waals surface area contributed by atoms with Crippen molar-refractivity contribution in [3.8, 4) is 0 Å². The molecule has 1 aliphatic heterocycles. The van der Waals surface area contributed by atoms with E-state index in [1.807, 2.05) is 0 Å². The van der Waals surface area contributed by atoms with Gasteiger partial charge in [0.05, 0.1) is 24.5 Å². The average Bonchev–Trinajstić information content (AvgIpc) is 2.65. The topological polar surface area (TPSA) is 75.7 Å². The second kappa shape index (κ2) is 4.56. The third-order valence-electron chi connectivity index (χ3n) is 2.87. The van der Waals surface area contributed by atoms with Gasteiger partial charge in [-0.3, -0.25) is 0 Å². The first kappa shape index (κ1) is 12.2. The number of aliphatic hydroxyl groups is 2. The van der Waals surface area contributed by atoms with Crippen LogP contribution < -0.4 is 5.73 Å². The molecule has 2 rings (SSSR count). The minimum atomic E-state index is -0.865. The van der Waals surface area contributed by atoms with Gasteiger partial charge in [0.25, 0.3) is 0 Å². The summed E-state index contributed by atoms with van der Waals surface area (Å²) < 4.78 is 31.8. The van der Waals surface area contributed by atoms with E-state index in [1.54, 1.807) is 0 Å². The van der Waals surface area contributed by atoms with Crippen LogP contribution in [0.15, 0.2) is 12.1 Å². The maximum atomic E-state index is 13.5. The summed E-state index contributed by atoms with van der Waals surface area (Å²) >= 11 is 0. The summed E-state index contributed by atoms with van der Waals surface area (Å²) in [5, 5.41) is 18.4. The summed E-state index contributed by atoms with van der Waals surface area (Å²) in [6.45, 7) is -0.351. The number of aliphatic hydroxyl groups excluding tert-OH is 2. The fourth-order valence-electron chi connectivity index (χ4n) is 1.92. The van der Waals surface area contributed by atoms with Crippen molar-refractivity contribution in [1.29, 1.82) is 0 Å². The van der Waals surface area contributed by atoms with Crippen molar-refractivity contribution in [3.05, 3.63) is 29.3 Å². The summed E-state index contributed by atoms with van der Waals surface area (Å²) in [6.07, 6.45) is -2.18. The Labute approximate surface area is 96.6 Å². The van der Waals surface area contributed by atoms with Crippen molar-refractivity contribution >= 4 is 5.69 Å². The Balaban J connectivity index is 2.27. The highest BCUT2D eigenvalue weighted by atomic mass is 19.1. The molecule has 4 N–H and O–H groups in total. The molecule has 1 heterocycles. The van der Waals surface area contributed by atoms with Crippen LogP contribution in [-0.2, 0) is 4.74 Å². The molecule has 17 heavy (non-hydrogen) atoms. The van der Waals surface area contributed by atoms with E-state index in [-0.39, 0.29) is 24.3 Å². The number of rotatable bonds is 2. The van der Waals surface area contributed by atoms with Crippen molar-refractivity contribution in [1.82, 2.24) is 0 Å². The molecule has 0 radical (unpaired) electrons. The van der Waals surface area contributed by atoms with E-state index in [2.05, 4.69) is 0 Å². The van der Waals surface area contributed by atoms with Gasteiger partial charge >= 0.3 is 0 Å². The van der Waals surface area contributed by atoms with Crippen LogP contribution in [0.4, 0.5) is 14.5 Å². The highest BCUT2D eigenvalue weighted by Gasteiger charge is 2.35. The van der Waals surface area contributed by atoms with Gasteiger partial charge in [0, 0.05) is 18.1 Å². The minimum absolute atomic E-state index is 0.0962. The highest BCUT2D eigenvalue weighted by molar-refractivity contribution is 5.44. The molecule has 1 aromatic rings. The fraction of sp³-hybridized carbons (Fsp3) is 0.455. The lowest BCUT2D eigenvalue weighted by Gasteiger charge is -2.13. The molecule has 94 valence electrons. The Hall–Kier alpha value is -1.24. The predicted molar refractivity (Wildman–Crippen MR) is 56.1 cm³/mol. The van der Waals surface area contributed by atoms with Crippen molar-refractivity contribution < 1.29 is 23.7 Å². The van der Waals surface area contributed by atoms with Gasteiger partial charge in [-0.15, -0.1) is 0 Å². The number of anilines is 1. The van der Waals surface area contributed by atoms with Crippen LogP contribution in [0.2, 0.25) is 0 Å². The fourth-order valence-corrected chi connectivity index (χ4v) is 1.92. The first-order chi connectivity index (χ1) is 8.02. The van der Waals surface area contributed by atoms with Gasteiger partial charge in [0.15, 0.2) is 0 Å². The van der Waals surface area contributed by atoms with Crippen molar-refractivity contribution in [2.45, 2.75) is 24.7 Å². The van der Waals surface area contributed by atoms with E-state index in [1.165, 1.54) is 0 Å². The first-order valence-electron chi connectivity index (χ1n) is 5.21. The molecule has 1 fully saturated rings. The third kappa shape index (κ3) is 2.24. The first-order valence-corrected chi connectivity index (χ1v) is 5.21. The van der Waals surface area contributed by atoms with E-state index >= 15 is 0 Å². The quantitative estimate of drug-likeness (QED) is 0.671. The van der Waals surface area contributed by atoms with Gasteiger partial charge in [-0.25, -0.2) is 8.78 Å². The Bertz CT molecular complexity index is 427.